The van der Waals surface area contributed by atoms with Crippen molar-refractivity contribution in [2.45, 2.75) is 39.2 Å². The zero-order valence-electron chi connectivity index (χ0n) is 13.9. The molecule has 2 aliphatic rings. The number of aromatic nitrogens is 1. The minimum atomic E-state index is 0.202. The number of piperidine rings is 1. The zero-order chi connectivity index (χ0) is 16.2. The van der Waals surface area contributed by atoms with Gasteiger partial charge in [0.05, 0.1) is 0 Å². The van der Waals surface area contributed by atoms with Crippen LogP contribution in [-0.2, 0) is 16.1 Å². The molecule has 5 nitrogen and oxygen atoms in total. The zero-order valence-corrected chi connectivity index (χ0v) is 13.9. The number of carbonyl (C=O) groups excluding carboxylic acids is 2. The number of aryl methyl sites for hydroxylation is 1. The van der Waals surface area contributed by atoms with Crippen molar-refractivity contribution in [3.63, 3.8) is 0 Å². The Morgan fingerprint density at radius 1 is 1.26 bits per heavy atom. The normalized spacial score (nSPS) is 26.8. The monoisotopic (exact) mass is 317 g/mol. The van der Waals surface area contributed by atoms with Gasteiger partial charge in [-0.3, -0.25) is 9.59 Å². The lowest BCUT2D eigenvalue weighted by Gasteiger charge is -2.33. The van der Waals surface area contributed by atoms with Crippen molar-refractivity contribution in [3.8, 4) is 0 Å². The van der Waals surface area contributed by atoms with E-state index in [2.05, 4.69) is 12.2 Å². The van der Waals surface area contributed by atoms with Crippen molar-refractivity contribution in [1.82, 2.24) is 14.8 Å². The van der Waals surface area contributed by atoms with Crippen molar-refractivity contribution in [2.24, 2.45) is 17.8 Å². The van der Waals surface area contributed by atoms with Crippen LogP contribution < -0.4 is 5.32 Å². The minimum Gasteiger partial charge on any atom is -0.356 e. The lowest BCUT2D eigenvalue weighted by Crippen LogP contribution is -2.44. The van der Waals surface area contributed by atoms with E-state index in [0.29, 0.717) is 24.8 Å². The Labute approximate surface area is 138 Å². The molecule has 1 aliphatic carbocycles. The summed E-state index contributed by atoms with van der Waals surface area (Å²) in [5.41, 5.74) is 0. The number of nitrogens with one attached hydrogen (secondary N) is 1. The van der Waals surface area contributed by atoms with E-state index in [1.54, 1.807) is 0 Å². The first-order chi connectivity index (χ1) is 11.1. The summed E-state index contributed by atoms with van der Waals surface area (Å²) >= 11 is 0. The second-order valence-electron chi connectivity index (χ2n) is 7.08. The highest BCUT2D eigenvalue weighted by atomic mass is 16.2. The summed E-state index contributed by atoms with van der Waals surface area (Å²) in [5, 5.41) is 3.08. The Morgan fingerprint density at radius 3 is 2.70 bits per heavy atom. The van der Waals surface area contributed by atoms with Crippen LogP contribution in [0.4, 0.5) is 0 Å². The van der Waals surface area contributed by atoms with Crippen LogP contribution in [0, 0.1) is 17.8 Å². The maximum atomic E-state index is 12.4. The van der Waals surface area contributed by atoms with Crippen LogP contribution in [0.5, 0.6) is 0 Å². The predicted molar refractivity (Wildman–Crippen MR) is 88.6 cm³/mol. The van der Waals surface area contributed by atoms with Crippen LogP contribution in [0.1, 0.15) is 32.6 Å². The third kappa shape index (κ3) is 4.36. The van der Waals surface area contributed by atoms with Crippen molar-refractivity contribution in [3.05, 3.63) is 24.5 Å². The second kappa shape index (κ2) is 7.20. The van der Waals surface area contributed by atoms with Crippen LogP contribution in [0.3, 0.4) is 0 Å². The molecular weight excluding hydrogens is 290 g/mol. The molecule has 0 aromatic carbocycles. The highest BCUT2D eigenvalue weighted by molar-refractivity contribution is 5.81. The summed E-state index contributed by atoms with van der Waals surface area (Å²) in [6.07, 6.45) is 7.69. The fraction of sp³-hybridized carbons (Fsp3) is 0.667. The van der Waals surface area contributed by atoms with E-state index in [-0.39, 0.29) is 17.7 Å². The van der Waals surface area contributed by atoms with Crippen LogP contribution >= 0.6 is 0 Å². The van der Waals surface area contributed by atoms with E-state index in [0.717, 1.165) is 38.9 Å². The summed E-state index contributed by atoms with van der Waals surface area (Å²) in [6.45, 7) is 5.21. The summed E-state index contributed by atoms with van der Waals surface area (Å²) in [7, 11) is 0. The molecule has 3 atom stereocenters. The lowest BCUT2D eigenvalue weighted by molar-refractivity contribution is -0.133. The molecule has 1 saturated heterocycles. The molecule has 0 radical (unpaired) electrons. The maximum absolute atomic E-state index is 12.4. The van der Waals surface area contributed by atoms with E-state index < -0.39 is 0 Å². The molecule has 0 spiro atoms. The number of nitrogens with zero attached hydrogens (tertiary/aromatic N) is 2. The van der Waals surface area contributed by atoms with Crippen molar-refractivity contribution in [2.75, 3.05) is 19.6 Å². The Balaban J connectivity index is 1.40. The quantitative estimate of drug-likeness (QED) is 0.871. The first kappa shape index (κ1) is 16.1. The first-order valence-corrected chi connectivity index (χ1v) is 8.79. The van der Waals surface area contributed by atoms with Crippen LogP contribution in [0.2, 0.25) is 0 Å². The topological polar surface area (TPSA) is 54.3 Å². The first-order valence-electron chi connectivity index (χ1n) is 8.79. The third-order valence-electron chi connectivity index (χ3n) is 5.13. The van der Waals surface area contributed by atoms with Crippen LogP contribution in [0.25, 0.3) is 0 Å². The Bertz CT molecular complexity index is 540. The summed E-state index contributed by atoms with van der Waals surface area (Å²) in [6, 6.07) is 3.95. The Kier molecular flexibility index (Phi) is 5.03. The molecule has 23 heavy (non-hydrogen) atoms. The molecule has 1 aliphatic heterocycles. The van der Waals surface area contributed by atoms with Crippen LogP contribution in [0.15, 0.2) is 24.5 Å². The van der Waals surface area contributed by atoms with Gasteiger partial charge in [-0.25, -0.2) is 0 Å². The second-order valence-corrected chi connectivity index (χ2v) is 7.08. The molecule has 0 bridgehead atoms. The van der Waals surface area contributed by atoms with E-state index in [4.69, 9.17) is 0 Å². The van der Waals surface area contributed by atoms with Gasteiger partial charge in [-0.15, -0.1) is 0 Å². The molecule has 0 unspecified atom stereocenters. The average Bonchev–Trinajstić information content (AvgIpc) is 3.08. The number of rotatable bonds is 6. The smallest absolute Gasteiger partial charge is 0.224 e. The van der Waals surface area contributed by atoms with Gasteiger partial charge in [0.25, 0.3) is 0 Å². The van der Waals surface area contributed by atoms with Crippen LogP contribution in [-0.4, -0.2) is 40.9 Å². The SMILES string of the molecule is C[C@@H]1C[C@H]1C(=O)NC[C@@H]1CCCN(C(=O)CCn2cccc2)C1. The third-order valence-corrected chi connectivity index (χ3v) is 5.13. The van der Waals surface area contributed by atoms with Gasteiger partial charge < -0.3 is 14.8 Å². The van der Waals surface area contributed by atoms with Gasteiger partial charge in [0.1, 0.15) is 0 Å². The molecule has 3 rings (SSSR count). The van der Waals surface area contributed by atoms with Gasteiger partial charge in [0, 0.05) is 50.9 Å². The lowest BCUT2D eigenvalue weighted by atomic mass is 9.97. The number of hydrogen-bond donors (Lipinski definition) is 1. The molecular formula is C18H27N3O2. The summed E-state index contributed by atoms with van der Waals surface area (Å²) < 4.78 is 2.04. The minimum absolute atomic E-state index is 0.202. The summed E-state index contributed by atoms with van der Waals surface area (Å²) in [5.74, 6) is 1.61. The van der Waals surface area contributed by atoms with Crippen molar-refractivity contribution >= 4 is 11.8 Å². The standard InChI is InChI=1S/C18H27N3O2/c1-14-11-16(14)18(23)19-12-15-5-4-9-21(13-15)17(22)6-10-20-7-2-3-8-20/h2-3,7-8,14-16H,4-6,9-13H2,1H3,(H,19,23)/t14-,15+,16-/m1/s1. The largest absolute Gasteiger partial charge is 0.356 e. The average molecular weight is 317 g/mol. The fourth-order valence-corrected chi connectivity index (χ4v) is 3.42. The molecule has 2 amide bonds. The van der Waals surface area contributed by atoms with E-state index in [1.807, 2.05) is 34.0 Å². The van der Waals surface area contributed by atoms with Crippen molar-refractivity contribution in [1.29, 1.82) is 0 Å². The van der Waals surface area contributed by atoms with Gasteiger partial charge in [-0.2, -0.15) is 0 Å². The van der Waals surface area contributed by atoms with E-state index in [9.17, 15) is 9.59 Å². The van der Waals surface area contributed by atoms with Gasteiger partial charge >= 0.3 is 0 Å². The highest BCUT2D eigenvalue weighted by Gasteiger charge is 2.39. The molecule has 1 N–H and O–H groups in total. The number of likely N-dealkylation sites (tertiary alicyclic amines) is 1. The number of amides is 2. The van der Waals surface area contributed by atoms with Gasteiger partial charge in [-0.1, -0.05) is 6.92 Å². The van der Waals surface area contributed by atoms with Gasteiger partial charge in [-0.05, 0) is 43.2 Å². The van der Waals surface area contributed by atoms with Crippen molar-refractivity contribution < 1.29 is 9.59 Å². The number of hydrogen-bond acceptors (Lipinski definition) is 2. The molecule has 2 heterocycles. The van der Waals surface area contributed by atoms with E-state index >= 15 is 0 Å². The molecule has 126 valence electrons. The van der Waals surface area contributed by atoms with Gasteiger partial charge in [0.15, 0.2) is 0 Å². The molecule has 1 aromatic rings. The predicted octanol–water partition coefficient (Wildman–Crippen LogP) is 1.89. The highest BCUT2D eigenvalue weighted by Crippen LogP contribution is 2.37. The Hall–Kier alpha value is -1.78. The fourth-order valence-electron chi connectivity index (χ4n) is 3.42. The molecule has 5 heteroatoms. The molecule has 1 saturated carbocycles. The van der Waals surface area contributed by atoms with Gasteiger partial charge in [0.2, 0.25) is 11.8 Å². The summed E-state index contributed by atoms with van der Waals surface area (Å²) in [4.78, 5) is 26.3. The number of carbonyl (C=O) groups is 2. The molecule has 2 fully saturated rings. The maximum Gasteiger partial charge on any atom is 0.224 e. The molecule has 1 aromatic heterocycles. The Morgan fingerprint density at radius 2 is 2.00 bits per heavy atom. The van der Waals surface area contributed by atoms with E-state index in [1.165, 1.54) is 0 Å².